The molecule has 0 aliphatic carbocycles. The first-order valence-electron chi connectivity index (χ1n) is 10.3. The summed E-state index contributed by atoms with van der Waals surface area (Å²) in [6.07, 6.45) is 3.66. The topological polar surface area (TPSA) is 89.7 Å². The number of para-hydroxylation sites is 1. The number of halogens is 1. The number of amides is 1. The van der Waals surface area contributed by atoms with Crippen LogP contribution in [0.25, 0.3) is 0 Å². The van der Waals surface area contributed by atoms with Crippen LogP contribution in [0.3, 0.4) is 0 Å². The molecule has 30 heavy (non-hydrogen) atoms. The number of nitrogens with zero attached hydrogens (tertiary/aromatic N) is 2. The van der Waals surface area contributed by atoms with Gasteiger partial charge in [0.25, 0.3) is 0 Å². The maximum Gasteiger partial charge on any atom is 0.224 e. The van der Waals surface area contributed by atoms with Crippen LogP contribution in [0.15, 0.2) is 36.5 Å². The molecule has 160 valence electrons. The number of aromatic nitrogens is 1. The molecule has 0 unspecified atom stereocenters. The number of carbonyl (C=O) groups excluding carboxylic acids is 1. The molecule has 4 rings (SSSR count). The van der Waals surface area contributed by atoms with Gasteiger partial charge in [0.05, 0.1) is 6.42 Å². The van der Waals surface area contributed by atoms with Crippen LogP contribution >= 0.6 is 0 Å². The van der Waals surface area contributed by atoms with E-state index in [1.54, 1.807) is 24.4 Å². The van der Waals surface area contributed by atoms with Crippen LogP contribution in [0, 0.1) is 11.7 Å². The van der Waals surface area contributed by atoms with Gasteiger partial charge in [-0.3, -0.25) is 9.69 Å². The van der Waals surface area contributed by atoms with E-state index in [2.05, 4.69) is 15.2 Å². The van der Waals surface area contributed by atoms with E-state index < -0.39 is 0 Å². The third-order valence-corrected chi connectivity index (χ3v) is 5.67. The van der Waals surface area contributed by atoms with Crippen LogP contribution in [0.4, 0.5) is 10.2 Å². The fourth-order valence-electron chi connectivity index (χ4n) is 3.95. The predicted octanol–water partition coefficient (Wildman–Crippen LogP) is 2.01. The number of anilines is 1. The number of pyridine rings is 1. The molecule has 0 saturated carbocycles. The van der Waals surface area contributed by atoms with Gasteiger partial charge in [-0.15, -0.1) is 0 Å². The third kappa shape index (κ3) is 4.99. The smallest absolute Gasteiger partial charge is 0.224 e. The number of piperidine rings is 1. The molecule has 2 aliphatic rings. The van der Waals surface area contributed by atoms with Crippen molar-refractivity contribution in [2.45, 2.75) is 25.4 Å². The molecule has 1 aromatic heterocycles. The van der Waals surface area contributed by atoms with Crippen molar-refractivity contribution >= 4 is 11.7 Å². The Morgan fingerprint density at radius 3 is 2.90 bits per heavy atom. The lowest BCUT2D eigenvalue weighted by Crippen LogP contribution is -2.45. The summed E-state index contributed by atoms with van der Waals surface area (Å²) in [6.45, 7) is 3.62. The summed E-state index contributed by atoms with van der Waals surface area (Å²) in [4.78, 5) is 18.5. The second-order valence-corrected chi connectivity index (χ2v) is 7.89. The third-order valence-electron chi connectivity index (χ3n) is 5.67. The first-order valence-corrected chi connectivity index (χ1v) is 10.3. The molecule has 7 nitrogen and oxygen atoms in total. The summed E-state index contributed by atoms with van der Waals surface area (Å²) in [5, 5.41) is 3.01. The van der Waals surface area contributed by atoms with E-state index in [1.807, 2.05) is 6.07 Å². The number of hydrogen-bond acceptors (Lipinski definition) is 6. The van der Waals surface area contributed by atoms with Crippen molar-refractivity contribution in [1.29, 1.82) is 0 Å². The summed E-state index contributed by atoms with van der Waals surface area (Å²) in [5.74, 6) is 1.09. The summed E-state index contributed by atoms with van der Waals surface area (Å²) >= 11 is 0. The normalized spacial score (nSPS) is 19.4. The lowest BCUT2D eigenvalue weighted by atomic mass is 9.96. The van der Waals surface area contributed by atoms with Crippen molar-refractivity contribution in [3.05, 3.63) is 47.9 Å². The minimum Gasteiger partial charge on any atom is -0.486 e. The van der Waals surface area contributed by atoms with Gasteiger partial charge in [0.2, 0.25) is 5.91 Å². The Kier molecular flexibility index (Phi) is 6.32. The first-order chi connectivity index (χ1) is 14.6. The molecular formula is C22H27FN4O3. The highest BCUT2D eigenvalue weighted by atomic mass is 19.1. The highest BCUT2D eigenvalue weighted by molar-refractivity contribution is 5.79. The summed E-state index contributed by atoms with van der Waals surface area (Å²) < 4.78 is 25.4. The molecule has 0 bridgehead atoms. The fraction of sp³-hybridized carbons (Fsp3) is 0.455. The highest BCUT2D eigenvalue weighted by Gasteiger charge is 2.28. The van der Waals surface area contributed by atoms with Crippen LogP contribution in [-0.4, -0.2) is 54.7 Å². The number of carbonyl (C=O) groups is 1. The van der Waals surface area contributed by atoms with E-state index in [9.17, 15) is 9.18 Å². The summed E-state index contributed by atoms with van der Waals surface area (Å²) in [7, 11) is 0. The van der Waals surface area contributed by atoms with Crippen molar-refractivity contribution in [3.63, 3.8) is 0 Å². The maximum atomic E-state index is 13.9. The molecule has 8 heteroatoms. The standard InChI is InChI=1S/C22H27FN4O3/c23-18-4-1-5-19-21(18)30-17(14-29-19)13-27-9-6-15(7-10-27)12-26-20(28)11-16-3-2-8-25-22(16)24/h1-5,8,15,17H,6-7,9-14H2,(H2,24,25)(H,26,28)/t17-/m0/s1. The molecule has 2 aromatic rings. The van der Waals surface area contributed by atoms with E-state index in [4.69, 9.17) is 15.2 Å². The molecule has 1 fully saturated rings. The second-order valence-electron chi connectivity index (χ2n) is 7.89. The van der Waals surface area contributed by atoms with E-state index in [-0.39, 0.29) is 30.0 Å². The average molecular weight is 414 g/mol. The van der Waals surface area contributed by atoms with Crippen molar-refractivity contribution in [3.8, 4) is 11.5 Å². The minimum absolute atomic E-state index is 0.0365. The molecule has 0 spiro atoms. The van der Waals surface area contributed by atoms with Crippen LogP contribution in [0.2, 0.25) is 0 Å². The predicted molar refractivity (Wildman–Crippen MR) is 111 cm³/mol. The summed E-state index contributed by atoms with van der Waals surface area (Å²) in [6, 6.07) is 8.32. The Morgan fingerprint density at radius 1 is 1.27 bits per heavy atom. The zero-order valence-electron chi connectivity index (χ0n) is 16.9. The number of benzene rings is 1. The number of hydrogen-bond donors (Lipinski definition) is 2. The van der Waals surface area contributed by atoms with Gasteiger partial charge in [0, 0.05) is 24.8 Å². The number of rotatable bonds is 6. The van der Waals surface area contributed by atoms with Gasteiger partial charge >= 0.3 is 0 Å². The Labute approximate surface area is 175 Å². The van der Waals surface area contributed by atoms with Gasteiger partial charge in [-0.25, -0.2) is 9.37 Å². The van der Waals surface area contributed by atoms with Crippen molar-refractivity contribution in [2.24, 2.45) is 5.92 Å². The van der Waals surface area contributed by atoms with Crippen LogP contribution in [-0.2, 0) is 11.2 Å². The monoisotopic (exact) mass is 414 g/mol. The van der Waals surface area contributed by atoms with Gasteiger partial charge < -0.3 is 20.5 Å². The van der Waals surface area contributed by atoms with Gasteiger partial charge in [0.1, 0.15) is 18.5 Å². The van der Waals surface area contributed by atoms with Gasteiger partial charge in [0.15, 0.2) is 17.3 Å². The van der Waals surface area contributed by atoms with Crippen LogP contribution < -0.4 is 20.5 Å². The number of nitrogen functional groups attached to an aromatic ring is 1. The Morgan fingerprint density at radius 2 is 2.10 bits per heavy atom. The molecule has 2 aliphatic heterocycles. The number of fused-ring (bicyclic) bond motifs is 1. The molecule has 3 heterocycles. The molecule has 3 N–H and O–H groups in total. The lowest BCUT2D eigenvalue weighted by Gasteiger charge is -2.35. The largest absolute Gasteiger partial charge is 0.486 e. The second kappa shape index (κ2) is 9.30. The Balaban J connectivity index is 1.18. The number of nitrogens with two attached hydrogens (primary N) is 1. The zero-order valence-corrected chi connectivity index (χ0v) is 16.9. The van der Waals surface area contributed by atoms with Crippen molar-refractivity contribution in [2.75, 3.05) is 38.5 Å². The number of likely N-dealkylation sites (tertiary alicyclic amines) is 1. The first kappa shape index (κ1) is 20.4. The average Bonchev–Trinajstić information content (AvgIpc) is 2.75. The van der Waals surface area contributed by atoms with E-state index in [0.717, 1.165) is 31.5 Å². The fourth-order valence-corrected chi connectivity index (χ4v) is 3.95. The Bertz CT molecular complexity index is 886. The molecule has 1 amide bonds. The van der Waals surface area contributed by atoms with Gasteiger partial charge in [-0.05, 0) is 50.0 Å². The number of nitrogens with one attached hydrogen (secondary N) is 1. The lowest BCUT2D eigenvalue weighted by molar-refractivity contribution is -0.120. The van der Waals surface area contributed by atoms with E-state index in [0.29, 0.717) is 37.2 Å². The molecule has 1 aromatic carbocycles. The van der Waals surface area contributed by atoms with Gasteiger partial charge in [-0.2, -0.15) is 0 Å². The van der Waals surface area contributed by atoms with E-state index >= 15 is 0 Å². The highest BCUT2D eigenvalue weighted by Crippen LogP contribution is 2.34. The SMILES string of the molecule is Nc1ncccc1CC(=O)NCC1CCN(C[C@H]2COc3cccc(F)c3O2)CC1. The number of ether oxygens (including phenoxy) is 2. The maximum absolute atomic E-state index is 13.9. The molecule has 0 radical (unpaired) electrons. The van der Waals surface area contributed by atoms with Crippen LogP contribution in [0.5, 0.6) is 11.5 Å². The minimum atomic E-state index is -0.389. The Hall–Kier alpha value is -2.87. The molecule has 1 saturated heterocycles. The van der Waals surface area contributed by atoms with Crippen molar-refractivity contribution < 1.29 is 18.7 Å². The quantitative estimate of drug-likeness (QED) is 0.752. The van der Waals surface area contributed by atoms with Gasteiger partial charge in [-0.1, -0.05) is 12.1 Å². The van der Waals surface area contributed by atoms with Crippen LogP contribution in [0.1, 0.15) is 18.4 Å². The molecular weight excluding hydrogens is 387 g/mol. The summed E-state index contributed by atoms with van der Waals surface area (Å²) in [5.41, 5.74) is 6.55. The van der Waals surface area contributed by atoms with E-state index in [1.165, 1.54) is 6.07 Å². The zero-order chi connectivity index (χ0) is 20.9. The van der Waals surface area contributed by atoms with Crippen molar-refractivity contribution in [1.82, 2.24) is 15.2 Å². The molecule has 1 atom stereocenters.